The summed E-state index contributed by atoms with van der Waals surface area (Å²) in [7, 11) is 1.19. The summed E-state index contributed by atoms with van der Waals surface area (Å²) >= 11 is 0. The molecule has 2 rings (SSSR count). The SMILES string of the molecule is COC(=O)Oc1cc(NC(=O)/C(=C\N)C(=O)c2ccccc2F)c(C(C)(C)C)cc1C(C)C. The van der Waals surface area contributed by atoms with Crippen LogP contribution in [0.15, 0.2) is 48.2 Å². The van der Waals surface area contributed by atoms with Crippen molar-refractivity contribution in [1.82, 2.24) is 0 Å². The molecular formula is C25H29FN2O5. The lowest BCUT2D eigenvalue weighted by Crippen LogP contribution is -2.25. The Hall–Kier alpha value is -3.68. The molecule has 0 spiro atoms. The standard InChI is InChI=1S/C25H29FN2O5/c1-14(2)16-11-18(25(3,4)5)20(12-21(16)33-24(31)32-6)28-23(30)17(13-27)22(29)15-9-7-8-10-19(15)26/h7-14H,27H2,1-6H3,(H,28,30)/b17-13-. The summed E-state index contributed by atoms with van der Waals surface area (Å²) in [6.07, 6.45) is -0.0650. The van der Waals surface area contributed by atoms with Crippen molar-refractivity contribution in [1.29, 1.82) is 0 Å². The molecule has 0 heterocycles. The van der Waals surface area contributed by atoms with Gasteiger partial charge in [0.25, 0.3) is 5.91 Å². The van der Waals surface area contributed by atoms with Gasteiger partial charge >= 0.3 is 6.16 Å². The van der Waals surface area contributed by atoms with Crippen molar-refractivity contribution in [2.24, 2.45) is 5.73 Å². The van der Waals surface area contributed by atoms with Crippen LogP contribution in [0.3, 0.4) is 0 Å². The third-order valence-electron chi connectivity index (χ3n) is 4.96. The van der Waals surface area contributed by atoms with Crippen LogP contribution < -0.4 is 15.8 Å². The summed E-state index contributed by atoms with van der Waals surface area (Å²) in [5.74, 6) is -2.23. The summed E-state index contributed by atoms with van der Waals surface area (Å²) in [6, 6.07) is 8.66. The van der Waals surface area contributed by atoms with Crippen molar-refractivity contribution in [3.63, 3.8) is 0 Å². The van der Waals surface area contributed by atoms with E-state index in [0.717, 1.165) is 23.4 Å². The van der Waals surface area contributed by atoms with E-state index in [1.807, 2.05) is 40.7 Å². The Kier molecular flexibility index (Phi) is 7.98. The highest BCUT2D eigenvalue weighted by molar-refractivity contribution is 6.28. The van der Waals surface area contributed by atoms with E-state index in [1.165, 1.54) is 31.4 Å². The van der Waals surface area contributed by atoms with E-state index in [4.69, 9.17) is 10.5 Å². The first-order valence-corrected chi connectivity index (χ1v) is 10.4. The monoisotopic (exact) mass is 456 g/mol. The van der Waals surface area contributed by atoms with Crippen LogP contribution in [0, 0.1) is 5.82 Å². The molecule has 33 heavy (non-hydrogen) atoms. The van der Waals surface area contributed by atoms with Gasteiger partial charge in [0.1, 0.15) is 17.1 Å². The summed E-state index contributed by atoms with van der Waals surface area (Å²) < 4.78 is 24.0. The third kappa shape index (κ3) is 5.97. The first-order chi connectivity index (χ1) is 15.4. The van der Waals surface area contributed by atoms with Crippen molar-refractivity contribution in [3.8, 4) is 5.75 Å². The molecule has 0 aliphatic rings. The molecule has 0 aliphatic heterocycles. The number of ether oxygens (including phenoxy) is 2. The molecule has 0 atom stereocenters. The van der Waals surface area contributed by atoms with Crippen molar-refractivity contribution in [2.45, 2.75) is 46.0 Å². The second kappa shape index (κ2) is 10.3. The van der Waals surface area contributed by atoms with Crippen molar-refractivity contribution in [2.75, 3.05) is 12.4 Å². The fourth-order valence-corrected chi connectivity index (χ4v) is 3.23. The average Bonchev–Trinajstić information content (AvgIpc) is 2.73. The number of nitrogens with two attached hydrogens (primary N) is 1. The second-order valence-electron chi connectivity index (χ2n) is 8.74. The van der Waals surface area contributed by atoms with Crippen molar-refractivity contribution in [3.05, 3.63) is 70.7 Å². The quantitative estimate of drug-likeness (QED) is 0.157. The first-order valence-electron chi connectivity index (χ1n) is 10.4. The van der Waals surface area contributed by atoms with Crippen molar-refractivity contribution >= 4 is 23.5 Å². The molecule has 2 aromatic rings. The van der Waals surface area contributed by atoms with Crippen molar-refractivity contribution < 1.29 is 28.2 Å². The number of methoxy groups -OCH3 is 1. The van der Waals surface area contributed by atoms with Gasteiger partial charge in [0, 0.05) is 18.0 Å². The Balaban J connectivity index is 2.54. The van der Waals surface area contributed by atoms with E-state index >= 15 is 0 Å². The highest BCUT2D eigenvalue weighted by atomic mass is 19.1. The fourth-order valence-electron chi connectivity index (χ4n) is 3.23. The highest BCUT2D eigenvalue weighted by Crippen LogP contribution is 2.38. The third-order valence-corrected chi connectivity index (χ3v) is 4.96. The first kappa shape index (κ1) is 25.6. The molecule has 2 aromatic carbocycles. The highest BCUT2D eigenvalue weighted by Gasteiger charge is 2.27. The summed E-state index contributed by atoms with van der Waals surface area (Å²) in [5.41, 5.74) is 6.24. The van der Waals surface area contributed by atoms with Crippen LogP contribution in [0.2, 0.25) is 0 Å². The van der Waals surface area contributed by atoms with E-state index in [1.54, 1.807) is 0 Å². The fraction of sp³-hybridized carbons (Fsp3) is 0.320. The molecule has 0 saturated heterocycles. The van der Waals surface area contributed by atoms with Crippen LogP contribution in [-0.2, 0) is 14.9 Å². The number of amides is 1. The number of ketones is 1. The minimum Gasteiger partial charge on any atom is -0.437 e. The number of hydrogen-bond acceptors (Lipinski definition) is 6. The van der Waals surface area contributed by atoms with E-state index in [0.29, 0.717) is 5.69 Å². The molecule has 0 saturated carbocycles. The van der Waals surface area contributed by atoms with Gasteiger partial charge in [0.15, 0.2) is 0 Å². The Labute approximate surface area is 192 Å². The molecule has 8 heteroatoms. The summed E-state index contributed by atoms with van der Waals surface area (Å²) in [5, 5.41) is 2.67. The van der Waals surface area contributed by atoms with Gasteiger partial charge in [-0.25, -0.2) is 9.18 Å². The van der Waals surface area contributed by atoms with Gasteiger partial charge in [0.2, 0.25) is 5.78 Å². The molecule has 3 N–H and O–H groups in total. The van der Waals surface area contributed by atoms with Gasteiger partial charge in [-0.3, -0.25) is 9.59 Å². The maximum absolute atomic E-state index is 14.1. The van der Waals surface area contributed by atoms with E-state index in [2.05, 4.69) is 10.1 Å². The zero-order valence-electron chi connectivity index (χ0n) is 19.6. The summed E-state index contributed by atoms with van der Waals surface area (Å²) in [6.45, 7) is 9.73. The molecule has 0 unspecified atom stereocenters. The number of nitrogens with one attached hydrogen (secondary N) is 1. The lowest BCUT2D eigenvalue weighted by molar-refractivity contribution is -0.112. The Morgan fingerprint density at radius 3 is 2.27 bits per heavy atom. The zero-order chi connectivity index (χ0) is 24.9. The number of rotatable bonds is 6. The predicted molar refractivity (Wildman–Crippen MR) is 124 cm³/mol. The van der Waals surface area contributed by atoms with Crippen LogP contribution in [0.25, 0.3) is 0 Å². The average molecular weight is 457 g/mol. The molecule has 7 nitrogen and oxygen atoms in total. The van der Waals surface area contributed by atoms with E-state index in [9.17, 15) is 18.8 Å². The van der Waals surface area contributed by atoms with Gasteiger partial charge in [0.05, 0.1) is 12.7 Å². The Morgan fingerprint density at radius 1 is 1.12 bits per heavy atom. The number of carbonyl (C=O) groups is 3. The number of hydrogen-bond donors (Lipinski definition) is 2. The largest absolute Gasteiger partial charge is 0.513 e. The van der Waals surface area contributed by atoms with Crippen LogP contribution >= 0.6 is 0 Å². The normalized spacial score (nSPS) is 11.8. The minimum absolute atomic E-state index is 0.00219. The predicted octanol–water partition coefficient (Wildman–Crippen LogP) is 5.06. The number of Topliss-reactive ketones (excluding diaryl/α,β-unsaturated/α-hetero) is 1. The molecule has 0 fully saturated rings. The number of carbonyl (C=O) groups excluding carboxylic acids is 3. The van der Waals surface area contributed by atoms with Crippen LogP contribution in [0.5, 0.6) is 5.75 Å². The van der Waals surface area contributed by atoms with Gasteiger partial charge in [-0.05, 0) is 40.7 Å². The molecule has 0 aromatic heterocycles. The van der Waals surface area contributed by atoms with Gasteiger partial charge < -0.3 is 20.5 Å². The van der Waals surface area contributed by atoms with Gasteiger partial charge in [-0.15, -0.1) is 0 Å². The maximum atomic E-state index is 14.1. The minimum atomic E-state index is -0.907. The van der Waals surface area contributed by atoms with E-state index < -0.39 is 34.7 Å². The number of benzene rings is 2. The Morgan fingerprint density at radius 2 is 1.76 bits per heavy atom. The number of halogens is 1. The van der Waals surface area contributed by atoms with E-state index in [-0.39, 0.29) is 17.2 Å². The Bertz CT molecular complexity index is 1100. The molecule has 0 bridgehead atoms. The van der Waals surface area contributed by atoms with Crippen LogP contribution in [0.1, 0.15) is 62.0 Å². The molecular weight excluding hydrogens is 427 g/mol. The molecule has 176 valence electrons. The smallest absolute Gasteiger partial charge is 0.437 e. The molecule has 0 radical (unpaired) electrons. The second-order valence-corrected chi connectivity index (χ2v) is 8.74. The maximum Gasteiger partial charge on any atom is 0.513 e. The van der Waals surface area contributed by atoms with Gasteiger partial charge in [-0.1, -0.05) is 46.8 Å². The molecule has 1 amide bonds. The topological polar surface area (TPSA) is 108 Å². The number of anilines is 1. The van der Waals surface area contributed by atoms with Crippen LogP contribution in [-0.4, -0.2) is 25.0 Å². The molecule has 0 aliphatic carbocycles. The summed E-state index contributed by atoms with van der Waals surface area (Å²) in [4.78, 5) is 37.6. The lowest BCUT2D eigenvalue weighted by Gasteiger charge is -2.26. The lowest BCUT2D eigenvalue weighted by atomic mass is 9.83. The zero-order valence-corrected chi connectivity index (χ0v) is 19.6. The van der Waals surface area contributed by atoms with Crippen LogP contribution in [0.4, 0.5) is 14.9 Å². The van der Waals surface area contributed by atoms with Gasteiger partial charge in [-0.2, -0.15) is 0 Å².